The number of aliphatic hydroxyl groups excluding tert-OH is 1. The number of piperidine rings is 1. The predicted molar refractivity (Wildman–Crippen MR) is 113 cm³/mol. The first-order valence-corrected chi connectivity index (χ1v) is 11.9. The number of hydrogen-bond donors (Lipinski definition) is 1. The van der Waals surface area contributed by atoms with Crippen LogP contribution in [-0.4, -0.2) is 59.5 Å². The van der Waals surface area contributed by atoms with Gasteiger partial charge in [-0.15, -0.1) is 0 Å². The van der Waals surface area contributed by atoms with Gasteiger partial charge in [0.2, 0.25) is 11.8 Å². The third-order valence-corrected chi connectivity index (χ3v) is 9.92. The quantitative estimate of drug-likeness (QED) is 0.782. The Balaban J connectivity index is 1.57. The molecule has 0 aromatic heterocycles. The Morgan fingerprint density at radius 1 is 1.10 bits per heavy atom. The molecule has 0 aromatic carbocycles. The normalized spacial score (nSPS) is 44.1. The fraction of sp³-hybridized carbons (Fsp3) is 0.917. The lowest BCUT2D eigenvalue weighted by atomic mass is 9.47. The highest BCUT2D eigenvalue weighted by Gasteiger charge is 2.62. The Morgan fingerprint density at radius 2 is 1.83 bits per heavy atom. The van der Waals surface area contributed by atoms with E-state index in [9.17, 15) is 14.7 Å². The van der Waals surface area contributed by atoms with Crippen molar-refractivity contribution < 1.29 is 14.7 Å². The van der Waals surface area contributed by atoms with Crippen molar-refractivity contribution in [1.82, 2.24) is 9.80 Å². The lowest BCUT2D eigenvalue weighted by molar-refractivity contribution is -0.161. The first-order chi connectivity index (χ1) is 13.8. The lowest BCUT2D eigenvalue weighted by Gasteiger charge is -2.61. The minimum atomic E-state index is 0.0448. The summed E-state index contributed by atoms with van der Waals surface area (Å²) in [5, 5.41) is 9.37. The number of likely N-dealkylation sites (tertiary alicyclic amines) is 1. The van der Waals surface area contributed by atoms with Crippen LogP contribution in [0.2, 0.25) is 0 Å². The summed E-state index contributed by atoms with van der Waals surface area (Å²) < 4.78 is 0. The monoisotopic (exact) mass is 404 g/mol. The number of nitrogens with zero attached hydrogens (tertiary/aromatic N) is 2. The van der Waals surface area contributed by atoms with Gasteiger partial charge in [-0.05, 0) is 80.5 Å². The number of likely N-dealkylation sites (N-methyl/N-ethyl adjacent to an activating group) is 1. The molecule has 0 spiro atoms. The Labute approximate surface area is 176 Å². The molecule has 0 aromatic rings. The van der Waals surface area contributed by atoms with Crippen molar-refractivity contribution in [1.29, 1.82) is 0 Å². The summed E-state index contributed by atoms with van der Waals surface area (Å²) >= 11 is 0. The summed E-state index contributed by atoms with van der Waals surface area (Å²) in [6.07, 6.45) is 8.56. The second-order valence-corrected chi connectivity index (χ2v) is 10.8. The van der Waals surface area contributed by atoms with E-state index in [1.54, 1.807) is 0 Å². The topological polar surface area (TPSA) is 60.9 Å². The van der Waals surface area contributed by atoms with Crippen LogP contribution in [0.15, 0.2) is 0 Å². The molecule has 1 aliphatic heterocycles. The molecule has 0 radical (unpaired) electrons. The number of amides is 2. The average molecular weight is 405 g/mol. The van der Waals surface area contributed by atoms with Crippen molar-refractivity contribution in [2.45, 2.75) is 78.2 Å². The molecule has 1 N–H and O–H groups in total. The Bertz CT molecular complexity index is 667. The molecule has 1 heterocycles. The van der Waals surface area contributed by atoms with Crippen molar-refractivity contribution in [2.24, 2.45) is 34.5 Å². The van der Waals surface area contributed by atoms with Crippen LogP contribution in [0.25, 0.3) is 0 Å². The van der Waals surface area contributed by atoms with Crippen LogP contribution in [0.3, 0.4) is 0 Å². The van der Waals surface area contributed by atoms with Gasteiger partial charge in [-0.25, -0.2) is 0 Å². The second kappa shape index (κ2) is 7.55. The van der Waals surface area contributed by atoms with E-state index in [0.29, 0.717) is 49.2 Å². The van der Waals surface area contributed by atoms with Gasteiger partial charge in [0, 0.05) is 38.5 Å². The molecule has 29 heavy (non-hydrogen) atoms. The van der Waals surface area contributed by atoms with Crippen molar-refractivity contribution in [3.8, 4) is 0 Å². The number of hydrogen-bond acceptors (Lipinski definition) is 3. The molecule has 3 aliphatic carbocycles. The van der Waals surface area contributed by atoms with Gasteiger partial charge < -0.3 is 14.9 Å². The summed E-state index contributed by atoms with van der Waals surface area (Å²) in [7, 11) is 2.02. The van der Waals surface area contributed by atoms with Crippen LogP contribution in [0.4, 0.5) is 0 Å². The molecule has 5 heteroatoms. The molecule has 4 rings (SSSR count). The van der Waals surface area contributed by atoms with E-state index in [1.807, 2.05) is 18.9 Å². The Hall–Kier alpha value is -1.10. The SMILES string of the molecule is CCN(CCO)C(=O)[C@H]1CC[C@H]2[C@@H]3CCC4N(C)C(=O)CC[C@]4(C)[C@H]3CC[C@]12C. The summed E-state index contributed by atoms with van der Waals surface area (Å²) in [5.74, 6) is 2.71. The van der Waals surface area contributed by atoms with Gasteiger partial charge in [0.15, 0.2) is 0 Å². The molecular weight excluding hydrogens is 364 g/mol. The van der Waals surface area contributed by atoms with Crippen LogP contribution in [0.1, 0.15) is 72.1 Å². The number of carbonyl (C=O) groups excluding carboxylic acids is 2. The van der Waals surface area contributed by atoms with E-state index in [0.717, 1.165) is 25.7 Å². The first kappa shape index (κ1) is 21.1. The van der Waals surface area contributed by atoms with E-state index in [2.05, 4.69) is 18.7 Å². The maximum absolute atomic E-state index is 13.3. The molecule has 7 atom stereocenters. The molecule has 0 bridgehead atoms. The van der Waals surface area contributed by atoms with Crippen molar-refractivity contribution in [2.75, 3.05) is 26.7 Å². The molecular formula is C24H40N2O3. The van der Waals surface area contributed by atoms with Crippen LogP contribution in [0, 0.1) is 34.5 Å². The van der Waals surface area contributed by atoms with Crippen molar-refractivity contribution in [3.05, 3.63) is 0 Å². The summed E-state index contributed by atoms with van der Waals surface area (Å²) in [6.45, 7) is 8.05. The van der Waals surface area contributed by atoms with Crippen LogP contribution < -0.4 is 0 Å². The number of rotatable bonds is 4. The maximum Gasteiger partial charge on any atom is 0.226 e. The highest BCUT2D eigenvalue weighted by atomic mass is 16.3. The molecule has 3 saturated carbocycles. The van der Waals surface area contributed by atoms with E-state index in [1.165, 1.54) is 19.3 Å². The van der Waals surface area contributed by atoms with Crippen LogP contribution >= 0.6 is 0 Å². The molecule has 2 amide bonds. The maximum atomic E-state index is 13.3. The third-order valence-electron chi connectivity index (χ3n) is 9.92. The third kappa shape index (κ3) is 3.05. The van der Waals surface area contributed by atoms with Gasteiger partial charge in [-0.1, -0.05) is 13.8 Å². The second-order valence-electron chi connectivity index (χ2n) is 10.8. The average Bonchev–Trinajstić information content (AvgIpc) is 3.06. The molecule has 1 unspecified atom stereocenters. The van der Waals surface area contributed by atoms with E-state index < -0.39 is 0 Å². The van der Waals surface area contributed by atoms with Gasteiger partial charge in [-0.2, -0.15) is 0 Å². The van der Waals surface area contributed by atoms with E-state index in [-0.39, 0.29) is 29.3 Å². The van der Waals surface area contributed by atoms with Gasteiger partial charge in [-0.3, -0.25) is 9.59 Å². The van der Waals surface area contributed by atoms with E-state index in [4.69, 9.17) is 0 Å². The zero-order valence-electron chi connectivity index (χ0n) is 18.8. The van der Waals surface area contributed by atoms with Gasteiger partial charge in [0.05, 0.1) is 6.61 Å². The lowest BCUT2D eigenvalue weighted by Crippen LogP contribution is -2.61. The number of aliphatic hydroxyl groups is 1. The van der Waals surface area contributed by atoms with Gasteiger partial charge in [0.25, 0.3) is 0 Å². The Kier molecular flexibility index (Phi) is 5.50. The fourth-order valence-electron chi connectivity index (χ4n) is 8.32. The molecule has 164 valence electrons. The number of carbonyl (C=O) groups is 2. The van der Waals surface area contributed by atoms with E-state index >= 15 is 0 Å². The first-order valence-electron chi connectivity index (χ1n) is 11.9. The fourth-order valence-corrected chi connectivity index (χ4v) is 8.32. The standard InChI is InChI=1S/C24H40N2O3/c1-5-26(14-15-27)22(29)19-8-7-17-16-6-9-20-24(3,13-11-21(28)25(20)4)18(16)10-12-23(17,19)2/h16-20,27H,5-15H2,1-4H3/t16-,17-,18-,19+,20?,23-,24+/m0/s1. The van der Waals surface area contributed by atoms with Gasteiger partial charge >= 0.3 is 0 Å². The zero-order chi connectivity index (χ0) is 21.0. The van der Waals surface area contributed by atoms with Crippen LogP contribution in [0.5, 0.6) is 0 Å². The van der Waals surface area contributed by atoms with Crippen LogP contribution in [-0.2, 0) is 9.59 Å². The number of fused-ring (bicyclic) bond motifs is 5. The van der Waals surface area contributed by atoms with Crippen molar-refractivity contribution in [3.63, 3.8) is 0 Å². The highest BCUT2D eigenvalue weighted by molar-refractivity contribution is 5.80. The van der Waals surface area contributed by atoms with Gasteiger partial charge in [0.1, 0.15) is 0 Å². The highest BCUT2D eigenvalue weighted by Crippen LogP contribution is 2.66. The predicted octanol–water partition coefficient (Wildman–Crippen LogP) is 3.31. The molecule has 5 nitrogen and oxygen atoms in total. The summed E-state index contributed by atoms with van der Waals surface area (Å²) in [6, 6.07) is 0.397. The summed E-state index contributed by atoms with van der Waals surface area (Å²) in [4.78, 5) is 29.6. The summed E-state index contributed by atoms with van der Waals surface area (Å²) in [5.41, 5.74) is 0.335. The molecule has 4 aliphatic rings. The largest absolute Gasteiger partial charge is 0.395 e. The smallest absolute Gasteiger partial charge is 0.226 e. The minimum absolute atomic E-state index is 0.0448. The molecule has 1 saturated heterocycles. The zero-order valence-corrected chi connectivity index (χ0v) is 18.8. The molecule has 4 fully saturated rings. The minimum Gasteiger partial charge on any atom is -0.395 e. The Morgan fingerprint density at radius 3 is 2.52 bits per heavy atom. The van der Waals surface area contributed by atoms with Crippen molar-refractivity contribution >= 4 is 11.8 Å².